The molecule has 0 bridgehead atoms. The topological polar surface area (TPSA) is 15.7 Å². The summed E-state index contributed by atoms with van der Waals surface area (Å²) in [6.45, 7) is 16.9. The number of hydrogen-bond donors (Lipinski definition) is 0. The van der Waals surface area contributed by atoms with Crippen molar-refractivity contribution in [2.24, 2.45) is 0 Å². The predicted octanol–water partition coefficient (Wildman–Crippen LogP) is 3.67. The summed E-state index contributed by atoms with van der Waals surface area (Å²) in [6.07, 6.45) is 0. The Bertz CT molecular complexity index is 531. The summed E-state index contributed by atoms with van der Waals surface area (Å²) in [7, 11) is 0. The number of nitrogens with zero attached hydrogens (tertiary/aromatic N) is 2. The average molecular weight is 316 g/mol. The summed E-state index contributed by atoms with van der Waals surface area (Å²) in [5.74, 6) is 0.565. The normalized spacial score (nSPS) is 24.9. The van der Waals surface area contributed by atoms with E-state index in [1.807, 2.05) is 0 Å². The molecular weight excluding hydrogens is 284 g/mol. The molecule has 0 aliphatic carbocycles. The van der Waals surface area contributed by atoms with Crippen molar-refractivity contribution in [1.29, 1.82) is 0 Å². The van der Waals surface area contributed by atoms with Gasteiger partial charge >= 0.3 is 0 Å². The van der Waals surface area contributed by atoms with E-state index in [1.54, 1.807) is 0 Å². The Balaban J connectivity index is 1.92. The lowest BCUT2D eigenvalue weighted by atomic mass is 9.88. The number of piperazine rings is 1. The molecule has 1 unspecified atom stereocenters. The molecule has 3 heteroatoms. The first-order valence-electron chi connectivity index (χ1n) is 9.05. The Morgan fingerprint density at radius 1 is 1.09 bits per heavy atom. The first-order chi connectivity index (χ1) is 10.9. The Morgan fingerprint density at radius 3 is 2.35 bits per heavy atom. The zero-order chi connectivity index (χ0) is 16.6. The van der Waals surface area contributed by atoms with Crippen molar-refractivity contribution in [3.05, 3.63) is 35.4 Å². The fourth-order valence-electron chi connectivity index (χ4n) is 3.98. The second-order valence-electron chi connectivity index (χ2n) is 8.35. The highest BCUT2D eigenvalue weighted by Gasteiger charge is 2.39. The number of benzene rings is 1. The molecule has 1 aromatic carbocycles. The van der Waals surface area contributed by atoms with Crippen LogP contribution in [-0.2, 0) is 4.74 Å². The van der Waals surface area contributed by atoms with E-state index >= 15 is 0 Å². The fraction of sp³-hybridized carbons (Fsp3) is 0.700. The number of hydrogen-bond acceptors (Lipinski definition) is 3. The van der Waals surface area contributed by atoms with Crippen LogP contribution in [0.2, 0.25) is 0 Å². The summed E-state index contributed by atoms with van der Waals surface area (Å²) >= 11 is 0. The Labute approximate surface area is 141 Å². The maximum absolute atomic E-state index is 5.43. The molecule has 128 valence electrons. The van der Waals surface area contributed by atoms with Crippen molar-refractivity contribution in [3.63, 3.8) is 0 Å². The van der Waals surface area contributed by atoms with Crippen LogP contribution < -0.4 is 0 Å². The SMILES string of the molecule is CC(C)c1ccccc1C1CN(C2COC2)CCN1C(C)(C)C. The highest BCUT2D eigenvalue weighted by Crippen LogP contribution is 2.36. The molecule has 1 atom stereocenters. The van der Waals surface area contributed by atoms with Gasteiger partial charge in [-0.15, -0.1) is 0 Å². The van der Waals surface area contributed by atoms with Gasteiger partial charge in [-0.25, -0.2) is 0 Å². The van der Waals surface area contributed by atoms with E-state index in [2.05, 4.69) is 68.7 Å². The number of rotatable bonds is 3. The Hall–Kier alpha value is -0.900. The van der Waals surface area contributed by atoms with Gasteiger partial charge in [0, 0.05) is 31.2 Å². The molecule has 3 nitrogen and oxygen atoms in total. The smallest absolute Gasteiger partial charge is 0.0645 e. The van der Waals surface area contributed by atoms with Gasteiger partial charge in [-0.2, -0.15) is 0 Å². The van der Waals surface area contributed by atoms with Crippen LogP contribution in [0.1, 0.15) is 57.7 Å². The van der Waals surface area contributed by atoms with Crippen molar-refractivity contribution in [2.75, 3.05) is 32.8 Å². The minimum absolute atomic E-state index is 0.191. The lowest BCUT2D eigenvalue weighted by Gasteiger charge is -2.51. The Kier molecular flexibility index (Phi) is 4.82. The molecule has 23 heavy (non-hydrogen) atoms. The summed E-state index contributed by atoms with van der Waals surface area (Å²) < 4.78 is 5.43. The van der Waals surface area contributed by atoms with E-state index in [0.29, 0.717) is 18.0 Å². The molecule has 2 aliphatic heterocycles. The van der Waals surface area contributed by atoms with E-state index in [1.165, 1.54) is 11.1 Å². The third kappa shape index (κ3) is 3.47. The lowest BCUT2D eigenvalue weighted by Crippen LogP contribution is -2.60. The van der Waals surface area contributed by atoms with Gasteiger partial charge < -0.3 is 4.74 Å². The Morgan fingerprint density at radius 2 is 1.78 bits per heavy atom. The van der Waals surface area contributed by atoms with Gasteiger partial charge in [-0.1, -0.05) is 38.1 Å². The maximum atomic E-state index is 5.43. The monoisotopic (exact) mass is 316 g/mol. The van der Waals surface area contributed by atoms with Gasteiger partial charge in [-0.05, 0) is 37.8 Å². The van der Waals surface area contributed by atoms with Gasteiger partial charge in [0.15, 0.2) is 0 Å². The predicted molar refractivity (Wildman–Crippen MR) is 95.9 cm³/mol. The zero-order valence-electron chi connectivity index (χ0n) is 15.4. The minimum atomic E-state index is 0.191. The summed E-state index contributed by atoms with van der Waals surface area (Å²) in [5.41, 5.74) is 3.21. The highest BCUT2D eigenvalue weighted by molar-refractivity contribution is 5.33. The average Bonchev–Trinajstić information content (AvgIpc) is 2.44. The van der Waals surface area contributed by atoms with Gasteiger partial charge in [-0.3, -0.25) is 9.80 Å². The third-order valence-corrected chi connectivity index (χ3v) is 5.39. The molecule has 0 amide bonds. The van der Waals surface area contributed by atoms with Gasteiger partial charge in [0.05, 0.1) is 19.3 Å². The highest BCUT2D eigenvalue weighted by atomic mass is 16.5. The molecule has 3 rings (SSSR count). The van der Waals surface area contributed by atoms with Crippen LogP contribution in [0.3, 0.4) is 0 Å². The molecular formula is C20H32N2O. The molecule has 0 saturated carbocycles. The molecule has 0 aromatic heterocycles. The van der Waals surface area contributed by atoms with Crippen LogP contribution in [0.25, 0.3) is 0 Å². The summed E-state index contributed by atoms with van der Waals surface area (Å²) in [5, 5.41) is 0. The van der Waals surface area contributed by atoms with E-state index in [0.717, 1.165) is 32.8 Å². The van der Waals surface area contributed by atoms with E-state index < -0.39 is 0 Å². The van der Waals surface area contributed by atoms with E-state index in [-0.39, 0.29) is 5.54 Å². The number of ether oxygens (including phenoxy) is 1. The molecule has 2 fully saturated rings. The van der Waals surface area contributed by atoms with Gasteiger partial charge in [0.2, 0.25) is 0 Å². The van der Waals surface area contributed by atoms with Crippen LogP contribution in [0.4, 0.5) is 0 Å². The minimum Gasteiger partial charge on any atom is -0.378 e. The van der Waals surface area contributed by atoms with Crippen molar-refractivity contribution in [3.8, 4) is 0 Å². The van der Waals surface area contributed by atoms with Gasteiger partial charge in [0.25, 0.3) is 0 Å². The van der Waals surface area contributed by atoms with E-state index in [4.69, 9.17) is 4.74 Å². The quantitative estimate of drug-likeness (QED) is 0.846. The fourth-order valence-corrected chi connectivity index (χ4v) is 3.98. The first kappa shape index (κ1) is 16.9. The van der Waals surface area contributed by atoms with Gasteiger partial charge in [0.1, 0.15) is 0 Å². The molecule has 2 aliphatic rings. The molecule has 0 radical (unpaired) electrons. The van der Waals surface area contributed by atoms with Crippen LogP contribution in [-0.4, -0.2) is 54.2 Å². The third-order valence-electron chi connectivity index (χ3n) is 5.39. The lowest BCUT2D eigenvalue weighted by molar-refractivity contribution is -0.0971. The van der Waals surface area contributed by atoms with Crippen molar-refractivity contribution < 1.29 is 4.74 Å². The van der Waals surface area contributed by atoms with Crippen LogP contribution >= 0.6 is 0 Å². The maximum Gasteiger partial charge on any atom is 0.0645 e. The summed E-state index contributed by atoms with van der Waals surface area (Å²) in [6, 6.07) is 10.1. The van der Waals surface area contributed by atoms with Crippen LogP contribution in [0.15, 0.2) is 24.3 Å². The van der Waals surface area contributed by atoms with Crippen molar-refractivity contribution in [1.82, 2.24) is 9.80 Å². The standard InChI is InChI=1S/C20H32N2O/c1-15(2)17-8-6-7-9-18(17)19-12-21(16-13-23-14-16)10-11-22(19)20(3,4)5/h6-9,15-16,19H,10-14H2,1-5H3. The zero-order valence-corrected chi connectivity index (χ0v) is 15.4. The second kappa shape index (κ2) is 6.54. The summed E-state index contributed by atoms with van der Waals surface area (Å²) in [4.78, 5) is 5.34. The molecule has 2 heterocycles. The van der Waals surface area contributed by atoms with Crippen LogP contribution in [0, 0.1) is 0 Å². The molecule has 0 spiro atoms. The van der Waals surface area contributed by atoms with Crippen molar-refractivity contribution in [2.45, 2.75) is 58.2 Å². The molecule has 0 N–H and O–H groups in total. The second-order valence-corrected chi connectivity index (χ2v) is 8.35. The van der Waals surface area contributed by atoms with Crippen LogP contribution in [0.5, 0.6) is 0 Å². The first-order valence-corrected chi connectivity index (χ1v) is 9.05. The largest absolute Gasteiger partial charge is 0.378 e. The van der Waals surface area contributed by atoms with Crippen molar-refractivity contribution >= 4 is 0 Å². The molecule has 2 saturated heterocycles. The van der Waals surface area contributed by atoms with E-state index in [9.17, 15) is 0 Å². The molecule has 1 aromatic rings.